The summed E-state index contributed by atoms with van der Waals surface area (Å²) in [5.74, 6) is 0. The molecule has 18 heavy (non-hydrogen) atoms. The first-order valence-corrected chi connectivity index (χ1v) is 5.74. The summed E-state index contributed by atoms with van der Waals surface area (Å²) in [5.41, 5.74) is 12.3. The minimum Gasteiger partial charge on any atom is -0.397 e. The van der Waals surface area contributed by atoms with Gasteiger partial charge >= 0.3 is 0 Å². The molecular formula is C14H13N3O. The molecule has 3 rings (SSSR count). The lowest BCUT2D eigenvalue weighted by molar-refractivity contribution is 0.315. The number of rotatable bonds is 1. The molecule has 1 heterocycles. The molecule has 0 atom stereocenters. The summed E-state index contributed by atoms with van der Waals surface area (Å²) in [5, 5.41) is 7.79. The summed E-state index contributed by atoms with van der Waals surface area (Å²) in [6.45, 7) is 4.15. The Balaban J connectivity index is 2.31. The van der Waals surface area contributed by atoms with Gasteiger partial charge in [-0.1, -0.05) is 29.3 Å². The maximum atomic E-state index is 5.84. The van der Waals surface area contributed by atoms with Crippen LogP contribution >= 0.6 is 0 Å². The zero-order chi connectivity index (χ0) is 12.7. The van der Waals surface area contributed by atoms with Crippen LogP contribution < -0.4 is 5.73 Å². The first-order chi connectivity index (χ1) is 8.65. The minimum atomic E-state index is 0.583. The van der Waals surface area contributed by atoms with Gasteiger partial charge < -0.3 is 5.73 Å². The van der Waals surface area contributed by atoms with Crippen LogP contribution in [-0.4, -0.2) is 10.3 Å². The van der Waals surface area contributed by atoms with Gasteiger partial charge in [0.1, 0.15) is 5.52 Å². The number of nitrogens with two attached hydrogens (primary N) is 1. The Morgan fingerprint density at radius 1 is 0.944 bits per heavy atom. The highest BCUT2D eigenvalue weighted by Gasteiger charge is 2.11. The van der Waals surface area contributed by atoms with Crippen molar-refractivity contribution in [3.05, 3.63) is 41.5 Å². The van der Waals surface area contributed by atoms with E-state index in [0.717, 1.165) is 11.1 Å². The second-order valence-electron chi connectivity index (χ2n) is 4.54. The lowest BCUT2D eigenvalue weighted by Gasteiger charge is -2.06. The lowest BCUT2D eigenvalue weighted by Crippen LogP contribution is -1.89. The number of nitrogen functional groups attached to an aromatic ring is 1. The Bertz CT molecular complexity index is 711. The lowest BCUT2D eigenvalue weighted by atomic mass is 9.99. The third-order valence-corrected chi connectivity index (χ3v) is 2.98. The number of aromatic nitrogens is 2. The SMILES string of the molecule is Cc1cc(C)cc(-c2ccc(N)c3nonc23)c1. The van der Waals surface area contributed by atoms with Gasteiger partial charge in [0.2, 0.25) is 0 Å². The minimum absolute atomic E-state index is 0.583. The quantitative estimate of drug-likeness (QED) is 0.663. The van der Waals surface area contributed by atoms with Crippen molar-refractivity contribution in [1.82, 2.24) is 10.3 Å². The predicted molar refractivity (Wildman–Crippen MR) is 71.1 cm³/mol. The summed E-state index contributed by atoms with van der Waals surface area (Å²) < 4.78 is 4.79. The van der Waals surface area contributed by atoms with E-state index in [4.69, 9.17) is 10.4 Å². The van der Waals surface area contributed by atoms with Gasteiger partial charge in [0.25, 0.3) is 0 Å². The number of hydrogen-bond acceptors (Lipinski definition) is 4. The van der Waals surface area contributed by atoms with Crippen molar-refractivity contribution >= 4 is 16.7 Å². The topological polar surface area (TPSA) is 64.9 Å². The molecule has 0 aliphatic rings. The molecule has 0 saturated heterocycles. The molecule has 0 radical (unpaired) electrons. The van der Waals surface area contributed by atoms with Crippen LogP contribution in [0.3, 0.4) is 0 Å². The van der Waals surface area contributed by atoms with E-state index >= 15 is 0 Å². The molecule has 0 bridgehead atoms. The van der Waals surface area contributed by atoms with E-state index in [9.17, 15) is 0 Å². The van der Waals surface area contributed by atoms with E-state index in [0.29, 0.717) is 16.7 Å². The number of nitrogens with zero attached hydrogens (tertiary/aromatic N) is 2. The fraction of sp³-hybridized carbons (Fsp3) is 0.143. The standard InChI is InChI=1S/C14H13N3O/c1-8-5-9(2)7-10(6-8)11-3-4-12(15)14-13(11)16-18-17-14/h3-7H,15H2,1-2H3. The molecule has 1 aromatic heterocycles. The van der Waals surface area contributed by atoms with Gasteiger partial charge in [-0.2, -0.15) is 0 Å². The van der Waals surface area contributed by atoms with Gasteiger partial charge in [-0.05, 0) is 41.9 Å². The molecule has 0 amide bonds. The van der Waals surface area contributed by atoms with Crippen LogP contribution in [0.25, 0.3) is 22.2 Å². The van der Waals surface area contributed by atoms with E-state index in [1.54, 1.807) is 0 Å². The maximum Gasteiger partial charge on any atom is 0.158 e. The third-order valence-electron chi connectivity index (χ3n) is 2.98. The van der Waals surface area contributed by atoms with E-state index in [-0.39, 0.29) is 0 Å². The largest absolute Gasteiger partial charge is 0.397 e. The molecule has 0 spiro atoms. The van der Waals surface area contributed by atoms with Crippen LogP contribution in [0.1, 0.15) is 11.1 Å². The molecule has 0 unspecified atom stereocenters. The number of benzene rings is 2. The first kappa shape index (κ1) is 10.8. The number of aryl methyl sites for hydroxylation is 2. The fourth-order valence-electron chi connectivity index (χ4n) is 2.25. The van der Waals surface area contributed by atoms with Crippen LogP contribution in [0, 0.1) is 13.8 Å². The smallest absolute Gasteiger partial charge is 0.158 e. The molecule has 0 fully saturated rings. The highest BCUT2D eigenvalue weighted by atomic mass is 16.6. The van der Waals surface area contributed by atoms with Crippen molar-refractivity contribution in [3.63, 3.8) is 0 Å². The van der Waals surface area contributed by atoms with E-state index in [1.165, 1.54) is 11.1 Å². The van der Waals surface area contributed by atoms with Gasteiger partial charge in [0, 0.05) is 5.56 Å². The van der Waals surface area contributed by atoms with Crippen molar-refractivity contribution < 1.29 is 4.63 Å². The van der Waals surface area contributed by atoms with Gasteiger partial charge in [-0.3, -0.25) is 0 Å². The van der Waals surface area contributed by atoms with Crippen LogP contribution in [0.5, 0.6) is 0 Å². The molecule has 0 aliphatic heterocycles. The summed E-state index contributed by atoms with van der Waals surface area (Å²) >= 11 is 0. The summed E-state index contributed by atoms with van der Waals surface area (Å²) in [7, 11) is 0. The van der Waals surface area contributed by atoms with Crippen molar-refractivity contribution in [2.45, 2.75) is 13.8 Å². The molecular weight excluding hydrogens is 226 g/mol. The zero-order valence-electron chi connectivity index (χ0n) is 10.3. The number of fused-ring (bicyclic) bond motifs is 1. The molecule has 90 valence electrons. The van der Waals surface area contributed by atoms with Crippen molar-refractivity contribution in [2.24, 2.45) is 0 Å². The van der Waals surface area contributed by atoms with Gasteiger partial charge in [-0.25, -0.2) is 4.63 Å². The molecule has 2 aromatic carbocycles. The Kier molecular flexibility index (Phi) is 2.30. The number of anilines is 1. The molecule has 0 aliphatic carbocycles. The molecule has 4 nitrogen and oxygen atoms in total. The molecule has 3 aromatic rings. The van der Waals surface area contributed by atoms with Crippen LogP contribution in [-0.2, 0) is 0 Å². The molecule has 2 N–H and O–H groups in total. The second-order valence-corrected chi connectivity index (χ2v) is 4.54. The maximum absolute atomic E-state index is 5.84. The summed E-state index contributed by atoms with van der Waals surface area (Å²) in [4.78, 5) is 0. The first-order valence-electron chi connectivity index (χ1n) is 5.74. The summed E-state index contributed by atoms with van der Waals surface area (Å²) in [6.07, 6.45) is 0. The highest BCUT2D eigenvalue weighted by molar-refractivity contribution is 5.97. The Labute approximate surface area is 104 Å². The third kappa shape index (κ3) is 1.62. The van der Waals surface area contributed by atoms with Crippen molar-refractivity contribution in [2.75, 3.05) is 5.73 Å². The van der Waals surface area contributed by atoms with Crippen molar-refractivity contribution in [3.8, 4) is 11.1 Å². The Morgan fingerprint density at radius 2 is 1.61 bits per heavy atom. The predicted octanol–water partition coefficient (Wildman–Crippen LogP) is 3.09. The average molecular weight is 239 g/mol. The summed E-state index contributed by atoms with van der Waals surface area (Å²) in [6, 6.07) is 10.2. The van der Waals surface area contributed by atoms with Crippen molar-refractivity contribution in [1.29, 1.82) is 0 Å². The van der Waals surface area contributed by atoms with E-state index in [2.05, 4.69) is 42.4 Å². The monoisotopic (exact) mass is 239 g/mol. The zero-order valence-corrected chi connectivity index (χ0v) is 10.3. The van der Waals surface area contributed by atoms with Gasteiger partial charge in [-0.15, -0.1) is 0 Å². The average Bonchev–Trinajstić information content (AvgIpc) is 2.77. The Morgan fingerprint density at radius 3 is 2.33 bits per heavy atom. The Hall–Kier alpha value is -2.36. The number of hydrogen-bond donors (Lipinski definition) is 1. The van der Waals surface area contributed by atoms with Crippen LogP contribution in [0.4, 0.5) is 5.69 Å². The van der Waals surface area contributed by atoms with Crippen LogP contribution in [0.15, 0.2) is 35.0 Å². The van der Waals surface area contributed by atoms with E-state index in [1.807, 2.05) is 12.1 Å². The molecule has 0 saturated carbocycles. The second kappa shape index (κ2) is 3.84. The fourth-order valence-corrected chi connectivity index (χ4v) is 2.25. The van der Waals surface area contributed by atoms with Crippen LogP contribution in [0.2, 0.25) is 0 Å². The van der Waals surface area contributed by atoms with Gasteiger partial charge in [0.15, 0.2) is 5.52 Å². The van der Waals surface area contributed by atoms with Gasteiger partial charge in [0.05, 0.1) is 5.69 Å². The highest BCUT2D eigenvalue weighted by Crippen LogP contribution is 2.30. The molecule has 4 heteroatoms. The van der Waals surface area contributed by atoms with E-state index < -0.39 is 0 Å². The normalized spacial score (nSPS) is 11.0.